The molecule has 0 heterocycles. The maximum absolute atomic E-state index is 2.37. The Balaban J connectivity index is 0.0000000972. The van der Waals surface area contributed by atoms with Gasteiger partial charge in [-0.15, -0.1) is 0 Å². The molecule has 0 aromatic heterocycles. The number of fused-ring (bicyclic) bond motifs is 24. The first-order valence-electron chi connectivity index (χ1n) is 40.9. The Bertz CT molecular complexity index is 6780. The minimum atomic E-state index is -0.263. The van der Waals surface area contributed by atoms with Crippen LogP contribution in [0.5, 0.6) is 0 Å². The highest BCUT2D eigenvalue weighted by atomic mass is 14.5. The number of hydrogen-bond donors (Lipinski definition) is 0. The molecule has 4 aliphatic rings. The van der Waals surface area contributed by atoms with Crippen LogP contribution in [0, 0.1) is 41.5 Å². The summed E-state index contributed by atoms with van der Waals surface area (Å²) < 4.78 is 0. The van der Waals surface area contributed by atoms with Gasteiger partial charge >= 0.3 is 0 Å². The average Bonchev–Trinajstić information content (AvgIpc) is 1.56. The zero-order chi connectivity index (χ0) is 78.3. The summed E-state index contributed by atoms with van der Waals surface area (Å²) in [7, 11) is 0. The molecule has 554 valence electrons. The van der Waals surface area contributed by atoms with E-state index in [9.17, 15) is 0 Å². The molecule has 19 aromatic rings. The van der Waals surface area contributed by atoms with E-state index in [0.717, 1.165) is 6.42 Å². The molecule has 0 amide bonds. The van der Waals surface area contributed by atoms with E-state index in [1.54, 1.807) is 0 Å². The Hall–Kier alpha value is -13.3. The summed E-state index contributed by atoms with van der Waals surface area (Å²) in [6, 6.07) is 141. The second-order valence-corrected chi connectivity index (χ2v) is 32.5. The Morgan fingerprint density at radius 1 is 0.183 bits per heavy atom. The van der Waals surface area contributed by atoms with Crippen molar-refractivity contribution >= 4 is 64.6 Å². The lowest BCUT2D eigenvalue weighted by Crippen LogP contribution is -2.28. The van der Waals surface area contributed by atoms with Crippen molar-refractivity contribution in [1.82, 2.24) is 0 Å². The molecule has 0 unspecified atom stereocenters. The van der Waals surface area contributed by atoms with Gasteiger partial charge < -0.3 is 0 Å². The molecule has 0 aliphatic heterocycles. The number of hydrogen-bond acceptors (Lipinski definition) is 0. The van der Waals surface area contributed by atoms with Crippen molar-refractivity contribution in [2.45, 2.75) is 85.5 Å². The molecule has 23 rings (SSSR count). The van der Waals surface area contributed by atoms with Gasteiger partial charge in [0.25, 0.3) is 0 Å². The van der Waals surface area contributed by atoms with Gasteiger partial charge in [-0.05, 0) is 243 Å². The van der Waals surface area contributed by atoms with Gasteiger partial charge in [0.2, 0.25) is 0 Å². The van der Waals surface area contributed by atoms with Gasteiger partial charge in [0.1, 0.15) is 0 Å². The molecule has 0 atom stereocenters. The summed E-state index contributed by atoms with van der Waals surface area (Å²) in [4.78, 5) is 0. The predicted molar refractivity (Wildman–Crippen MR) is 494 cm³/mol. The third kappa shape index (κ3) is 13.7. The molecule has 0 radical (unpaired) electrons. The summed E-state index contributed by atoms with van der Waals surface area (Å²) in [6.45, 7) is 17.6. The van der Waals surface area contributed by atoms with Crippen LogP contribution in [0.3, 0.4) is 0 Å². The molecular formula is C115H94. The molecule has 115 heavy (non-hydrogen) atoms. The summed E-state index contributed by atoms with van der Waals surface area (Å²) in [5, 5.41) is 16.0. The highest BCUT2D eigenvalue weighted by molar-refractivity contribution is 6.27. The first-order valence-corrected chi connectivity index (χ1v) is 40.9. The zero-order valence-corrected chi connectivity index (χ0v) is 67.1. The highest BCUT2D eigenvalue weighted by Crippen LogP contribution is 2.57. The normalized spacial score (nSPS) is 12.9. The fraction of sp³-hybridized carbons (Fsp3) is 0.113. The van der Waals surface area contributed by atoms with E-state index in [0.29, 0.717) is 0 Å². The Kier molecular flexibility index (Phi) is 19.8. The van der Waals surface area contributed by atoms with Crippen LogP contribution in [0.4, 0.5) is 0 Å². The van der Waals surface area contributed by atoms with Crippen LogP contribution >= 0.6 is 0 Å². The SMILES string of the molecule is Cc1ccc(-c2ccc3c4ccccc4c4ccccc4c3c2)cc1.Cc1ccc2c(c1)C(C)(C)c1ccccc1-2.Cc1ccc2c(c1)C(c1ccccc1)(c1ccccc1)c1ccccc1-2.Cc1ccc2c(c1)CCc1ccccc1-2.Cc1ccc2c(c1)Cc1ccccc1-2.Cc1ccc2c3ccccc3c3ccccc3c2c1. The van der Waals surface area contributed by atoms with E-state index in [1.807, 2.05) is 0 Å². The Morgan fingerprint density at radius 2 is 0.496 bits per heavy atom. The third-order valence-corrected chi connectivity index (χ3v) is 24.6. The van der Waals surface area contributed by atoms with Gasteiger partial charge in [-0.25, -0.2) is 0 Å². The minimum absolute atomic E-state index is 0.151. The molecule has 0 bridgehead atoms. The molecule has 0 fully saturated rings. The van der Waals surface area contributed by atoms with Gasteiger partial charge in [-0.3, -0.25) is 0 Å². The Morgan fingerprint density at radius 3 is 1.03 bits per heavy atom. The lowest BCUT2D eigenvalue weighted by molar-refractivity contribution is 0.660. The van der Waals surface area contributed by atoms with Crippen molar-refractivity contribution in [2.24, 2.45) is 0 Å². The number of benzene rings is 19. The molecule has 0 spiro atoms. The maximum atomic E-state index is 2.37. The standard InChI is InChI=1S/C26H20.C25H18.C19H14.C16H16.C15H14.C14H12/c1-19-16-17-23-22-14-8-9-15-24(22)26(25(23)18-19,20-10-4-2-5-11-20)21-12-6-3-7-13-21;1-17-10-12-18(13-11-17)19-14-15-24-22-8-3-2-6-20(22)21-7-4-5-9-23(21)25(24)16-19;1-13-10-11-18-16-8-3-2-6-14(16)15-7-4-5-9-17(15)19(18)12-13;1-11-8-9-13-12-6-4-5-7-14(12)16(2,3)15(13)10-11;1-11-6-9-15-13(10-11)8-7-12-4-2-3-5-14(12)15;1-10-6-7-14-12(8-10)9-11-4-2-3-5-13(11)14/h2-18H,1H3;2-16H,1H3;2-12H,1H3;4-10H,1-3H3;2-6,9-10H,7-8H2,1H3;2-8H,9H2,1H3. The highest BCUT2D eigenvalue weighted by Gasteiger charge is 2.46. The summed E-state index contributed by atoms with van der Waals surface area (Å²) in [6.07, 6.45) is 3.48. The zero-order valence-electron chi connectivity index (χ0n) is 67.1. The maximum Gasteiger partial charge on any atom is 0.0713 e. The lowest BCUT2D eigenvalue weighted by Gasteiger charge is -2.34. The topological polar surface area (TPSA) is 0 Å². The van der Waals surface area contributed by atoms with Crippen LogP contribution in [0.25, 0.3) is 120 Å². The molecule has 0 saturated heterocycles. The minimum Gasteiger partial charge on any atom is -0.0622 e. The second kappa shape index (κ2) is 31.0. The number of rotatable bonds is 3. The first kappa shape index (κ1) is 73.2. The van der Waals surface area contributed by atoms with Crippen molar-refractivity contribution in [2.75, 3.05) is 0 Å². The quantitative estimate of drug-likeness (QED) is 0.155. The monoisotopic (exact) mass is 1470 g/mol. The van der Waals surface area contributed by atoms with Crippen LogP contribution in [0.15, 0.2) is 388 Å². The lowest BCUT2D eigenvalue weighted by atomic mass is 9.67. The van der Waals surface area contributed by atoms with Gasteiger partial charge in [0.15, 0.2) is 0 Å². The van der Waals surface area contributed by atoms with Crippen molar-refractivity contribution in [3.8, 4) is 55.6 Å². The van der Waals surface area contributed by atoms with Gasteiger partial charge in [-0.1, -0.05) is 429 Å². The summed E-state index contributed by atoms with van der Waals surface area (Å²) >= 11 is 0. The fourth-order valence-corrected chi connectivity index (χ4v) is 19.0. The molecule has 0 N–H and O–H groups in total. The molecule has 0 nitrogen and oxygen atoms in total. The van der Waals surface area contributed by atoms with Crippen LogP contribution < -0.4 is 0 Å². The molecular weight excluding hydrogens is 1380 g/mol. The van der Waals surface area contributed by atoms with Crippen molar-refractivity contribution < 1.29 is 0 Å². The smallest absolute Gasteiger partial charge is 0.0622 e. The van der Waals surface area contributed by atoms with E-state index in [1.165, 1.54) is 222 Å². The third-order valence-electron chi connectivity index (χ3n) is 24.6. The largest absolute Gasteiger partial charge is 0.0713 e. The van der Waals surface area contributed by atoms with Crippen molar-refractivity contribution in [1.29, 1.82) is 0 Å². The van der Waals surface area contributed by atoms with E-state index in [2.05, 4.69) is 444 Å². The van der Waals surface area contributed by atoms with Gasteiger partial charge in [0, 0.05) is 5.41 Å². The number of aryl methyl sites for hydroxylation is 8. The van der Waals surface area contributed by atoms with Crippen LogP contribution in [-0.2, 0) is 30.1 Å². The Labute approximate surface area is 678 Å². The van der Waals surface area contributed by atoms with E-state index < -0.39 is 0 Å². The predicted octanol–water partition coefficient (Wildman–Crippen LogP) is 30.6. The van der Waals surface area contributed by atoms with E-state index in [4.69, 9.17) is 0 Å². The molecule has 0 saturated carbocycles. The molecule has 4 aliphatic carbocycles. The van der Waals surface area contributed by atoms with Gasteiger partial charge in [-0.2, -0.15) is 0 Å². The van der Waals surface area contributed by atoms with E-state index in [-0.39, 0.29) is 10.8 Å². The summed E-state index contributed by atoms with van der Waals surface area (Å²) in [5.74, 6) is 0. The summed E-state index contributed by atoms with van der Waals surface area (Å²) in [5.41, 5.74) is 35.9. The average molecular weight is 1480 g/mol. The molecule has 0 heteroatoms. The fourth-order valence-electron chi connectivity index (χ4n) is 19.0. The second-order valence-electron chi connectivity index (χ2n) is 32.5. The van der Waals surface area contributed by atoms with Crippen molar-refractivity contribution in [3.05, 3.63) is 477 Å². The molecule has 19 aromatic carbocycles. The van der Waals surface area contributed by atoms with Crippen molar-refractivity contribution in [3.63, 3.8) is 0 Å². The van der Waals surface area contributed by atoms with Crippen LogP contribution in [-0.4, -0.2) is 0 Å². The van der Waals surface area contributed by atoms with E-state index >= 15 is 0 Å². The first-order chi connectivity index (χ1) is 56.3. The van der Waals surface area contributed by atoms with Crippen LogP contribution in [0.1, 0.15) is 103 Å². The van der Waals surface area contributed by atoms with Crippen LogP contribution in [0.2, 0.25) is 0 Å². The van der Waals surface area contributed by atoms with Gasteiger partial charge in [0.05, 0.1) is 5.41 Å².